The predicted molar refractivity (Wildman–Crippen MR) is 117 cm³/mol. The van der Waals surface area contributed by atoms with Gasteiger partial charge in [-0.25, -0.2) is 0 Å². The fourth-order valence-electron chi connectivity index (χ4n) is 3.56. The molecular formula is C22H29N3OS. The molecule has 144 valence electrons. The molecule has 0 amide bonds. The van der Waals surface area contributed by atoms with Gasteiger partial charge in [-0.3, -0.25) is 4.90 Å². The van der Waals surface area contributed by atoms with Gasteiger partial charge in [-0.1, -0.05) is 24.3 Å². The first-order valence-electron chi connectivity index (χ1n) is 9.57. The summed E-state index contributed by atoms with van der Waals surface area (Å²) in [6.07, 6.45) is 2.52. The molecule has 1 aliphatic rings. The molecule has 0 bridgehead atoms. The highest BCUT2D eigenvalue weighted by atomic mass is 32.1. The number of hydrogen-bond acceptors (Lipinski definition) is 3. The van der Waals surface area contributed by atoms with Crippen molar-refractivity contribution in [3.8, 4) is 5.75 Å². The van der Waals surface area contributed by atoms with Crippen molar-refractivity contribution >= 4 is 23.0 Å². The Labute approximate surface area is 167 Å². The molecule has 0 unspecified atom stereocenters. The van der Waals surface area contributed by atoms with Gasteiger partial charge in [-0.2, -0.15) is 0 Å². The van der Waals surface area contributed by atoms with Gasteiger partial charge in [-0.15, -0.1) is 0 Å². The molecule has 1 saturated heterocycles. The first kappa shape index (κ1) is 19.6. The highest BCUT2D eigenvalue weighted by molar-refractivity contribution is 7.80. The number of nitrogens with one attached hydrogen (secondary N) is 2. The summed E-state index contributed by atoms with van der Waals surface area (Å²) in [5.74, 6) is 0.888. The summed E-state index contributed by atoms with van der Waals surface area (Å²) in [6.45, 7) is 7.23. The van der Waals surface area contributed by atoms with Crippen molar-refractivity contribution in [1.29, 1.82) is 0 Å². The maximum Gasteiger partial charge on any atom is 0.170 e. The van der Waals surface area contributed by atoms with Crippen LogP contribution < -0.4 is 15.4 Å². The average molecular weight is 384 g/mol. The van der Waals surface area contributed by atoms with Crippen LogP contribution in [0.4, 0.5) is 5.69 Å². The number of thiocarbonyl (C=S) groups is 1. The number of benzene rings is 2. The Balaban J connectivity index is 1.66. The summed E-state index contributed by atoms with van der Waals surface area (Å²) in [7, 11) is 1.70. The van der Waals surface area contributed by atoms with Crippen LogP contribution in [0, 0.1) is 13.8 Å². The van der Waals surface area contributed by atoms with E-state index in [1.165, 1.54) is 29.5 Å². The lowest BCUT2D eigenvalue weighted by molar-refractivity contribution is 0.246. The smallest absolute Gasteiger partial charge is 0.170 e. The van der Waals surface area contributed by atoms with Crippen molar-refractivity contribution in [2.24, 2.45) is 0 Å². The van der Waals surface area contributed by atoms with Crippen LogP contribution in [0.2, 0.25) is 0 Å². The summed E-state index contributed by atoms with van der Waals surface area (Å²) in [4.78, 5) is 2.54. The lowest BCUT2D eigenvalue weighted by atomic mass is 10.1. The number of aryl methyl sites for hydroxylation is 2. The van der Waals surface area contributed by atoms with Gasteiger partial charge in [0, 0.05) is 12.2 Å². The van der Waals surface area contributed by atoms with Crippen LogP contribution >= 0.6 is 12.2 Å². The van der Waals surface area contributed by atoms with Gasteiger partial charge in [0.2, 0.25) is 0 Å². The second-order valence-corrected chi connectivity index (χ2v) is 7.59. The summed E-state index contributed by atoms with van der Waals surface area (Å²) in [5, 5.41) is 7.45. The Bertz CT molecular complexity index is 770. The molecule has 4 nitrogen and oxygen atoms in total. The quantitative estimate of drug-likeness (QED) is 0.722. The lowest BCUT2D eigenvalue weighted by Crippen LogP contribution is -2.38. The van der Waals surface area contributed by atoms with Crippen molar-refractivity contribution < 1.29 is 4.74 Å². The summed E-state index contributed by atoms with van der Waals surface area (Å²) in [5.41, 5.74) is 4.77. The maximum atomic E-state index is 5.56. The second kappa shape index (κ2) is 9.20. The van der Waals surface area contributed by atoms with E-state index in [1.807, 2.05) is 12.1 Å². The van der Waals surface area contributed by atoms with Gasteiger partial charge in [-0.05, 0) is 86.9 Å². The highest BCUT2D eigenvalue weighted by Crippen LogP contribution is 2.26. The Morgan fingerprint density at radius 1 is 1.11 bits per heavy atom. The van der Waals surface area contributed by atoms with E-state index in [4.69, 9.17) is 17.0 Å². The van der Waals surface area contributed by atoms with Crippen LogP contribution in [0.1, 0.15) is 35.6 Å². The largest absolute Gasteiger partial charge is 0.497 e. The van der Waals surface area contributed by atoms with Gasteiger partial charge >= 0.3 is 0 Å². The fourth-order valence-corrected chi connectivity index (χ4v) is 3.76. The summed E-state index contributed by atoms with van der Waals surface area (Å²) < 4.78 is 5.30. The molecule has 2 N–H and O–H groups in total. The number of methoxy groups -OCH3 is 1. The monoisotopic (exact) mass is 383 g/mol. The minimum Gasteiger partial charge on any atom is -0.497 e. The Hall–Kier alpha value is -2.11. The number of nitrogens with zero attached hydrogens (tertiary/aromatic N) is 1. The van der Waals surface area contributed by atoms with Gasteiger partial charge < -0.3 is 15.4 Å². The van der Waals surface area contributed by atoms with Crippen LogP contribution in [-0.2, 0) is 0 Å². The molecule has 1 atom stereocenters. The molecule has 0 aromatic heterocycles. The van der Waals surface area contributed by atoms with Crippen molar-refractivity contribution in [3.63, 3.8) is 0 Å². The Morgan fingerprint density at radius 3 is 2.48 bits per heavy atom. The number of likely N-dealkylation sites (tertiary alicyclic amines) is 1. The topological polar surface area (TPSA) is 36.5 Å². The van der Waals surface area contributed by atoms with Gasteiger partial charge in [0.15, 0.2) is 5.11 Å². The lowest BCUT2D eigenvalue weighted by Gasteiger charge is -2.29. The van der Waals surface area contributed by atoms with Crippen LogP contribution in [0.5, 0.6) is 5.75 Å². The minimum atomic E-state index is 0.303. The minimum absolute atomic E-state index is 0.303. The van der Waals surface area contributed by atoms with Crippen LogP contribution in [0.15, 0.2) is 42.5 Å². The zero-order chi connectivity index (χ0) is 19.2. The predicted octanol–water partition coefficient (Wildman–Crippen LogP) is 4.44. The van der Waals surface area contributed by atoms with Crippen molar-refractivity contribution in [3.05, 3.63) is 59.2 Å². The molecule has 5 heteroatoms. The van der Waals surface area contributed by atoms with Crippen LogP contribution in [0.3, 0.4) is 0 Å². The molecular weight excluding hydrogens is 354 g/mol. The maximum absolute atomic E-state index is 5.56. The van der Waals surface area contributed by atoms with E-state index in [9.17, 15) is 0 Å². The van der Waals surface area contributed by atoms with E-state index in [0.29, 0.717) is 11.2 Å². The highest BCUT2D eigenvalue weighted by Gasteiger charge is 2.23. The zero-order valence-corrected chi connectivity index (χ0v) is 17.2. The summed E-state index contributed by atoms with van der Waals surface area (Å²) >= 11 is 5.56. The zero-order valence-electron chi connectivity index (χ0n) is 16.4. The third-order valence-electron chi connectivity index (χ3n) is 5.18. The van der Waals surface area contributed by atoms with E-state index in [0.717, 1.165) is 31.1 Å². The molecule has 0 aliphatic carbocycles. The van der Waals surface area contributed by atoms with Gasteiger partial charge in [0.05, 0.1) is 13.2 Å². The van der Waals surface area contributed by atoms with E-state index in [2.05, 4.69) is 59.7 Å². The molecule has 2 aromatic rings. The fraction of sp³-hybridized carbons (Fsp3) is 0.409. The van der Waals surface area contributed by atoms with Crippen LogP contribution in [-0.4, -0.2) is 36.8 Å². The SMILES string of the molecule is COc1ccc([C@H](CNC(=S)Nc2cc(C)ccc2C)N2CCCC2)cc1. The van der Waals surface area contributed by atoms with Crippen molar-refractivity contribution in [2.75, 3.05) is 32.1 Å². The molecule has 27 heavy (non-hydrogen) atoms. The Kier molecular flexibility index (Phi) is 6.69. The van der Waals surface area contributed by atoms with E-state index in [1.54, 1.807) is 7.11 Å². The molecule has 1 fully saturated rings. The standard InChI is InChI=1S/C22H29N3OS/c1-16-6-7-17(2)20(14-16)24-22(27)23-15-21(25-12-4-5-13-25)18-8-10-19(26-3)11-9-18/h6-11,14,21H,4-5,12-13,15H2,1-3H3,(H2,23,24,27)/t21-/m0/s1. The van der Waals surface area contributed by atoms with Gasteiger partial charge in [0.1, 0.15) is 5.75 Å². The third kappa shape index (κ3) is 5.21. The molecule has 0 spiro atoms. The first-order chi connectivity index (χ1) is 13.1. The van der Waals surface area contributed by atoms with Crippen molar-refractivity contribution in [1.82, 2.24) is 10.2 Å². The number of anilines is 1. The number of ether oxygens (including phenoxy) is 1. The second-order valence-electron chi connectivity index (χ2n) is 7.19. The average Bonchev–Trinajstić information content (AvgIpc) is 3.20. The van der Waals surface area contributed by atoms with Crippen molar-refractivity contribution in [2.45, 2.75) is 32.7 Å². The number of hydrogen-bond donors (Lipinski definition) is 2. The molecule has 3 rings (SSSR count). The molecule has 2 aromatic carbocycles. The summed E-state index contributed by atoms with van der Waals surface area (Å²) in [6, 6.07) is 15.0. The molecule has 1 aliphatic heterocycles. The Morgan fingerprint density at radius 2 is 1.81 bits per heavy atom. The van der Waals surface area contributed by atoms with Gasteiger partial charge in [0.25, 0.3) is 0 Å². The molecule has 0 saturated carbocycles. The first-order valence-corrected chi connectivity index (χ1v) is 9.98. The number of rotatable bonds is 6. The van der Waals surface area contributed by atoms with E-state index >= 15 is 0 Å². The van der Waals surface area contributed by atoms with E-state index < -0.39 is 0 Å². The normalized spacial score (nSPS) is 15.4. The third-order valence-corrected chi connectivity index (χ3v) is 5.43. The van der Waals surface area contributed by atoms with Crippen LogP contribution in [0.25, 0.3) is 0 Å². The van der Waals surface area contributed by atoms with E-state index in [-0.39, 0.29) is 0 Å². The molecule has 0 radical (unpaired) electrons. The molecule has 1 heterocycles.